The first-order valence-corrected chi connectivity index (χ1v) is 3.75. The summed E-state index contributed by atoms with van der Waals surface area (Å²) in [7, 11) is 0. The van der Waals surface area contributed by atoms with Gasteiger partial charge < -0.3 is 10.8 Å². The number of nitrogens with two attached hydrogens (primary N) is 1. The Morgan fingerprint density at radius 2 is 2.38 bits per heavy atom. The molecule has 0 atom stereocenters. The van der Waals surface area contributed by atoms with Gasteiger partial charge in [0.2, 0.25) is 0 Å². The van der Waals surface area contributed by atoms with Crippen molar-refractivity contribution in [2.45, 2.75) is 6.42 Å². The number of nitrogens with zero attached hydrogens (tertiary/aromatic N) is 1. The summed E-state index contributed by atoms with van der Waals surface area (Å²) >= 11 is 0. The maximum absolute atomic E-state index is 12.5. The molecule has 0 aliphatic carbocycles. The summed E-state index contributed by atoms with van der Waals surface area (Å²) in [4.78, 5) is 3.69. The Kier molecular flexibility index (Phi) is 3.23. The van der Waals surface area contributed by atoms with Crippen molar-refractivity contribution in [3.05, 3.63) is 23.8 Å². The molecule has 0 fully saturated rings. The molecule has 0 aliphatic rings. The molecule has 1 rings (SSSR count). The molecule has 3 N–H and O–H groups in total. The van der Waals surface area contributed by atoms with E-state index in [-0.39, 0.29) is 12.3 Å². The molecule has 68 valence electrons. The largest absolute Gasteiger partial charge is 0.396 e. The molecule has 4 heteroatoms. The van der Waals surface area contributed by atoms with Crippen molar-refractivity contribution in [3.63, 3.8) is 0 Å². The van der Waals surface area contributed by atoms with Gasteiger partial charge in [0.05, 0.1) is 18.5 Å². The molecule has 1 heterocycles. The number of hydrogen-bond acceptors (Lipinski definition) is 3. The lowest BCUT2D eigenvalue weighted by Crippen LogP contribution is -1.94. The molecule has 0 bridgehead atoms. The van der Waals surface area contributed by atoms with E-state index in [1.165, 1.54) is 0 Å². The molecular formula is C9H9FN2O. The second kappa shape index (κ2) is 4.43. The molecule has 0 saturated carbocycles. The predicted molar refractivity (Wildman–Crippen MR) is 47.2 cm³/mol. The molecular weight excluding hydrogens is 171 g/mol. The summed E-state index contributed by atoms with van der Waals surface area (Å²) < 4.78 is 12.5. The van der Waals surface area contributed by atoms with Crippen molar-refractivity contribution in [2.75, 3.05) is 12.3 Å². The molecule has 0 radical (unpaired) electrons. The van der Waals surface area contributed by atoms with Crippen LogP contribution in [0.5, 0.6) is 0 Å². The number of rotatable bonds is 1. The highest BCUT2D eigenvalue weighted by molar-refractivity contribution is 5.51. The van der Waals surface area contributed by atoms with E-state index in [4.69, 9.17) is 10.8 Å². The molecule has 13 heavy (non-hydrogen) atoms. The van der Waals surface area contributed by atoms with Crippen molar-refractivity contribution in [1.82, 2.24) is 4.98 Å². The highest BCUT2D eigenvalue weighted by atomic mass is 19.1. The number of hydrogen-bond donors (Lipinski definition) is 2. The molecule has 0 aliphatic heterocycles. The van der Waals surface area contributed by atoms with Crippen LogP contribution < -0.4 is 5.73 Å². The minimum absolute atomic E-state index is 0.00585. The average molecular weight is 180 g/mol. The van der Waals surface area contributed by atoms with Gasteiger partial charge in [0.1, 0.15) is 11.5 Å². The van der Waals surface area contributed by atoms with Crippen LogP contribution in [0.1, 0.15) is 12.1 Å². The summed E-state index contributed by atoms with van der Waals surface area (Å²) in [5.41, 5.74) is 5.99. The number of aliphatic hydroxyl groups is 1. The van der Waals surface area contributed by atoms with E-state index in [1.807, 2.05) is 0 Å². The van der Waals surface area contributed by atoms with Gasteiger partial charge in [-0.05, 0) is 5.92 Å². The monoisotopic (exact) mass is 180 g/mol. The summed E-state index contributed by atoms with van der Waals surface area (Å²) in [5.74, 6) is 4.79. The Hall–Kier alpha value is -1.60. The van der Waals surface area contributed by atoms with Crippen molar-refractivity contribution in [3.8, 4) is 11.8 Å². The lowest BCUT2D eigenvalue weighted by Gasteiger charge is -1.95. The number of anilines is 1. The molecule has 0 unspecified atom stereocenters. The fourth-order valence-corrected chi connectivity index (χ4v) is 0.761. The van der Waals surface area contributed by atoms with Crippen molar-refractivity contribution < 1.29 is 9.50 Å². The second-order valence-electron chi connectivity index (χ2n) is 2.37. The topological polar surface area (TPSA) is 59.1 Å². The maximum Gasteiger partial charge on any atom is 0.143 e. The van der Waals surface area contributed by atoms with E-state index in [1.54, 1.807) is 0 Å². The molecule has 0 amide bonds. The predicted octanol–water partition coefficient (Wildman–Crippen LogP) is 0.537. The molecule has 1 aromatic rings. The summed E-state index contributed by atoms with van der Waals surface area (Å²) in [6.45, 7) is -0.00585. The van der Waals surface area contributed by atoms with Gasteiger partial charge in [-0.1, -0.05) is 5.92 Å². The first-order valence-electron chi connectivity index (χ1n) is 3.75. The lowest BCUT2D eigenvalue weighted by molar-refractivity contribution is 0.305. The van der Waals surface area contributed by atoms with Gasteiger partial charge in [0.15, 0.2) is 0 Å². The third kappa shape index (κ3) is 2.73. The van der Waals surface area contributed by atoms with Gasteiger partial charge in [0, 0.05) is 12.5 Å². The smallest absolute Gasteiger partial charge is 0.143 e. The van der Waals surface area contributed by atoms with Crippen LogP contribution in [0, 0.1) is 17.7 Å². The summed E-state index contributed by atoms with van der Waals surface area (Å²) in [6, 6.07) is 1.16. The normalized spacial score (nSPS) is 9.08. The van der Waals surface area contributed by atoms with Gasteiger partial charge in [0.25, 0.3) is 0 Å². The number of aliphatic hydroxyl groups excluding tert-OH is 1. The SMILES string of the molecule is Nc1cc(F)cnc1C#CCCO. The van der Waals surface area contributed by atoms with Crippen molar-refractivity contribution >= 4 is 5.69 Å². The van der Waals surface area contributed by atoms with Crippen LogP contribution in [0.15, 0.2) is 12.3 Å². The first-order chi connectivity index (χ1) is 6.24. The molecule has 3 nitrogen and oxygen atoms in total. The Morgan fingerprint density at radius 3 is 3.00 bits per heavy atom. The number of halogens is 1. The molecule has 0 spiro atoms. The Bertz CT molecular complexity index is 354. The van der Waals surface area contributed by atoms with E-state index in [0.717, 1.165) is 12.3 Å². The maximum atomic E-state index is 12.5. The fraction of sp³-hybridized carbons (Fsp3) is 0.222. The highest BCUT2D eigenvalue weighted by Crippen LogP contribution is 2.07. The number of aromatic nitrogens is 1. The minimum atomic E-state index is -0.481. The molecule has 0 aromatic carbocycles. The molecule has 1 aromatic heterocycles. The first kappa shape index (κ1) is 9.49. The van der Waals surface area contributed by atoms with E-state index in [0.29, 0.717) is 12.1 Å². The van der Waals surface area contributed by atoms with E-state index in [9.17, 15) is 4.39 Å². The van der Waals surface area contributed by atoms with E-state index < -0.39 is 5.82 Å². The van der Waals surface area contributed by atoms with Gasteiger partial charge in [-0.2, -0.15) is 0 Å². The van der Waals surface area contributed by atoms with Crippen LogP contribution in [0.2, 0.25) is 0 Å². The van der Waals surface area contributed by atoms with Gasteiger partial charge >= 0.3 is 0 Å². The number of nitrogen functional groups attached to an aromatic ring is 1. The van der Waals surface area contributed by atoms with Crippen LogP contribution in [0.25, 0.3) is 0 Å². The fourth-order valence-electron chi connectivity index (χ4n) is 0.761. The van der Waals surface area contributed by atoms with Crippen LogP contribution in [0.3, 0.4) is 0 Å². The van der Waals surface area contributed by atoms with Gasteiger partial charge in [-0.25, -0.2) is 9.37 Å². The van der Waals surface area contributed by atoms with Crippen molar-refractivity contribution in [2.24, 2.45) is 0 Å². The third-order valence-electron chi connectivity index (χ3n) is 1.33. The third-order valence-corrected chi connectivity index (χ3v) is 1.33. The average Bonchev–Trinajstić information content (AvgIpc) is 2.09. The van der Waals surface area contributed by atoms with Crippen LogP contribution in [-0.4, -0.2) is 16.7 Å². The Morgan fingerprint density at radius 1 is 1.62 bits per heavy atom. The summed E-state index contributed by atoms with van der Waals surface area (Å²) in [5, 5.41) is 8.44. The lowest BCUT2D eigenvalue weighted by atomic mass is 10.3. The minimum Gasteiger partial charge on any atom is -0.396 e. The zero-order valence-corrected chi connectivity index (χ0v) is 6.92. The van der Waals surface area contributed by atoms with E-state index >= 15 is 0 Å². The molecule has 0 saturated heterocycles. The van der Waals surface area contributed by atoms with Crippen LogP contribution >= 0.6 is 0 Å². The second-order valence-corrected chi connectivity index (χ2v) is 2.37. The van der Waals surface area contributed by atoms with E-state index in [2.05, 4.69) is 16.8 Å². The quantitative estimate of drug-likeness (QED) is 0.620. The zero-order chi connectivity index (χ0) is 9.68. The van der Waals surface area contributed by atoms with Gasteiger partial charge in [-0.15, -0.1) is 0 Å². The standard InChI is InChI=1S/C9H9FN2O/c10-7-5-8(11)9(12-6-7)3-1-2-4-13/h5-6,13H,2,4,11H2. The van der Waals surface area contributed by atoms with Crippen LogP contribution in [0.4, 0.5) is 10.1 Å². The van der Waals surface area contributed by atoms with Gasteiger partial charge in [-0.3, -0.25) is 0 Å². The Balaban J connectivity index is 2.85. The number of pyridine rings is 1. The Labute approximate surface area is 75.4 Å². The van der Waals surface area contributed by atoms with Crippen LogP contribution in [-0.2, 0) is 0 Å². The zero-order valence-electron chi connectivity index (χ0n) is 6.92. The van der Waals surface area contributed by atoms with Crippen molar-refractivity contribution in [1.29, 1.82) is 0 Å². The highest BCUT2D eigenvalue weighted by Gasteiger charge is 1.97. The summed E-state index contributed by atoms with van der Waals surface area (Å²) in [6.07, 6.45) is 1.41.